The van der Waals surface area contributed by atoms with Gasteiger partial charge in [0.25, 0.3) is 0 Å². The van der Waals surface area contributed by atoms with Gasteiger partial charge in [-0.2, -0.15) is 0 Å². The first-order valence-corrected chi connectivity index (χ1v) is 8.72. The van der Waals surface area contributed by atoms with Gasteiger partial charge in [0.1, 0.15) is 0 Å². The van der Waals surface area contributed by atoms with Crippen molar-refractivity contribution < 1.29 is 17.9 Å². The van der Waals surface area contributed by atoms with Crippen LogP contribution >= 0.6 is 22.3 Å². The van der Waals surface area contributed by atoms with Gasteiger partial charge in [-0.25, -0.2) is 8.42 Å². The molecule has 0 bridgehead atoms. The number of hydrogen-bond acceptors (Lipinski definition) is 4. The van der Waals surface area contributed by atoms with Gasteiger partial charge in [-0.15, -0.1) is 0 Å². The van der Waals surface area contributed by atoms with Gasteiger partial charge in [-0.05, 0) is 12.1 Å². The molecule has 1 saturated heterocycles. The molecule has 110 valence electrons. The molecule has 2 rings (SSSR count). The summed E-state index contributed by atoms with van der Waals surface area (Å²) in [5.41, 5.74) is 0.541. The Morgan fingerprint density at radius 3 is 2.75 bits per heavy atom. The molecule has 0 radical (unpaired) electrons. The summed E-state index contributed by atoms with van der Waals surface area (Å²) < 4.78 is 27.4. The van der Waals surface area contributed by atoms with E-state index in [-0.39, 0.29) is 30.5 Å². The zero-order valence-electron chi connectivity index (χ0n) is 10.7. The second kappa shape index (κ2) is 5.79. The zero-order chi connectivity index (χ0) is 14.9. The lowest BCUT2D eigenvalue weighted by molar-refractivity contribution is -0.117. The van der Waals surface area contributed by atoms with Gasteiger partial charge in [0, 0.05) is 29.6 Å². The maximum atomic E-state index is 12.0. The van der Waals surface area contributed by atoms with Crippen LogP contribution in [0.1, 0.15) is 6.42 Å². The van der Waals surface area contributed by atoms with Crippen LogP contribution in [0.2, 0.25) is 5.02 Å². The molecule has 1 aliphatic rings. The molecule has 1 fully saturated rings. The number of benzene rings is 1. The Morgan fingerprint density at radius 2 is 2.15 bits per heavy atom. The highest BCUT2D eigenvalue weighted by molar-refractivity contribution is 8.13. The van der Waals surface area contributed by atoms with E-state index in [9.17, 15) is 13.2 Å². The van der Waals surface area contributed by atoms with Gasteiger partial charge >= 0.3 is 0 Å². The van der Waals surface area contributed by atoms with Crippen molar-refractivity contribution in [2.45, 2.75) is 6.42 Å². The number of carbonyl (C=O) groups excluding carboxylic acids is 1. The van der Waals surface area contributed by atoms with E-state index in [1.54, 1.807) is 18.2 Å². The highest BCUT2D eigenvalue weighted by Crippen LogP contribution is 2.38. The Kier molecular flexibility index (Phi) is 4.46. The lowest BCUT2D eigenvalue weighted by Gasteiger charge is -2.20. The summed E-state index contributed by atoms with van der Waals surface area (Å²) in [6, 6.07) is 5.07. The Balaban J connectivity index is 2.27. The number of rotatable bonds is 4. The van der Waals surface area contributed by atoms with Gasteiger partial charge in [0.2, 0.25) is 15.0 Å². The van der Waals surface area contributed by atoms with Crippen molar-refractivity contribution in [2.75, 3.05) is 24.3 Å². The van der Waals surface area contributed by atoms with E-state index in [1.165, 1.54) is 12.0 Å². The topological polar surface area (TPSA) is 63.7 Å². The molecule has 0 aliphatic carbocycles. The Labute approximate surface area is 126 Å². The maximum Gasteiger partial charge on any atom is 0.232 e. The van der Waals surface area contributed by atoms with E-state index in [4.69, 9.17) is 27.0 Å². The standard InChI is InChI=1S/C12H13Cl2NO4S/c1-19-12-9(13)3-2-4-10(12)15-6-8(5-11(15)16)7-20(14,17)18/h2-4,8H,5-7H2,1H3. The van der Waals surface area contributed by atoms with Crippen molar-refractivity contribution in [3.63, 3.8) is 0 Å². The minimum absolute atomic E-state index is 0.140. The van der Waals surface area contributed by atoms with Crippen LogP contribution in [0.15, 0.2) is 18.2 Å². The molecule has 1 amide bonds. The van der Waals surface area contributed by atoms with E-state index >= 15 is 0 Å². The molecule has 5 nitrogen and oxygen atoms in total. The normalized spacial score (nSPS) is 19.4. The van der Waals surface area contributed by atoms with E-state index in [0.717, 1.165) is 0 Å². The average Bonchev–Trinajstić information content (AvgIpc) is 2.67. The summed E-state index contributed by atoms with van der Waals surface area (Å²) in [6.45, 7) is 0.279. The fourth-order valence-electron chi connectivity index (χ4n) is 2.32. The lowest BCUT2D eigenvalue weighted by Crippen LogP contribution is -2.25. The number of anilines is 1. The largest absolute Gasteiger partial charge is 0.493 e. The van der Waals surface area contributed by atoms with E-state index in [0.29, 0.717) is 16.5 Å². The molecule has 1 aromatic rings. The summed E-state index contributed by atoms with van der Waals surface area (Å²) in [6.07, 6.45) is 0.140. The zero-order valence-corrected chi connectivity index (χ0v) is 13.0. The molecule has 0 saturated carbocycles. The molecular weight excluding hydrogens is 325 g/mol. The van der Waals surface area contributed by atoms with Gasteiger partial charge in [-0.1, -0.05) is 17.7 Å². The van der Waals surface area contributed by atoms with Crippen LogP contribution in [-0.2, 0) is 13.8 Å². The summed E-state index contributed by atoms with van der Waals surface area (Å²) in [5, 5.41) is 0.395. The van der Waals surface area contributed by atoms with Gasteiger partial charge < -0.3 is 9.64 Å². The molecule has 1 aromatic carbocycles. The summed E-state index contributed by atoms with van der Waals surface area (Å²) in [4.78, 5) is 13.5. The van der Waals surface area contributed by atoms with Crippen molar-refractivity contribution in [1.29, 1.82) is 0 Å². The smallest absolute Gasteiger partial charge is 0.232 e. The number of para-hydroxylation sites is 1. The predicted octanol–water partition coefficient (Wildman–Crippen LogP) is 2.27. The van der Waals surface area contributed by atoms with Crippen LogP contribution in [0.4, 0.5) is 5.69 Å². The van der Waals surface area contributed by atoms with Crippen LogP contribution in [0, 0.1) is 5.92 Å². The monoisotopic (exact) mass is 337 g/mol. The Bertz CT molecular complexity index is 632. The lowest BCUT2D eigenvalue weighted by atomic mass is 10.1. The quantitative estimate of drug-likeness (QED) is 0.790. The summed E-state index contributed by atoms with van der Waals surface area (Å²) in [5.74, 6) is -0.318. The number of amides is 1. The molecule has 8 heteroatoms. The van der Waals surface area contributed by atoms with Crippen LogP contribution in [0.3, 0.4) is 0 Å². The minimum atomic E-state index is -3.62. The van der Waals surface area contributed by atoms with Gasteiger partial charge in [0.15, 0.2) is 5.75 Å². The van der Waals surface area contributed by atoms with E-state index in [1.807, 2.05) is 0 Å². The Morgan fingerprint density at radius 1 is 1.45 bits per heavy atom. The fraction of sp³-hybridized carbons (Fsp3) is 0.417. The van der Waals surface area contributed by atoms with Crippen LogP contribution in [-0.4, -0.2) is 33.7 Å². The first-order valence-electron chi connectivity index (χ1n) is 5.87. The number of carbonyl (C=O) groups is 1. The fourth-order valence-corrected chi connectivity index (χ4v) is 3.89. The molecule has 1 unspecified atom stereocenters. The van der Waals surface area contributed by atoms with Crippen molar-refractivity contribution in [2.24, 2.45) is 5.92 Å². The van der Waals surface area contributed by atoms with Crippen molar-refractivity contribution in [1.82, 2.24) is 0 Å². The van der Waals surface area contributed by atoms with Crippen LogP contribution in [0.25, 0.3) is 0 Å². The van der Waals surface area contributed by atoms with E-state index in [2.05, 4.69) is 0 Å². The third-order valence-electron chi connectivity index (χ3n) is 3.08. The average molecular weight is 338 g/mol. The number of halogens is 2. The second-order valence-electron chi connectivity index (χ2n) is 4.57. The molecule has 0 spiro atoms. The summed E-state index contributed by atoms with van der Waals surface area (Å²) in [7, 11) is 3.07. The number of nitrogens with zero attached hydrogens (tertiary/aromatic N) is 1. The van der Waals surface area contributed by atoms with Crippen LogP contribution in [0.5, 0.6) is 5.75 Å². The summed E-state index contributed by atoms with van der Waals surface area (Å²) >= 11 is 6.02. The van der Waals surface area contributed by atoms with Crippen molar-refractivity contribution >= 4 is 42.9 Å². The molecule has 0 N–H and O–H groups in total. The van der Waals surface area contributed by atoms with E-state index < -0.39 is 9.05 Å². The van der Waals surface area contributed by atoms with Gasteiger partial charge in [0.05, 0.1) is 23.6 Å². The van der Waals surface area contributed by atoms with Crippen molar-refractivity contribution in [3.8, 4) is 5.75 Å². The first-order chi connectivity index (χ1) is 9.31. The minimum Gasteiger partial charge on any atom is -0.493 e. The number of ether oxygens (including phenoxy) is 1. The van der Waals surface area contributed by atoms with Crippen LogP contribution < -0.4 is 9.64 Å². The van der Waals surface area contributed by atoms with Crippen molar-refractivity contribution in [3.05, 3.63) is 23.2 Å². The third kappa shape index (κ3) is 3.37. The molecule has 20 heavy (non-hydrogen) atoms. The molecule has 1 atom stereocenters. The first kappa shape index (κ1) is 15.4. The molecule has 1 heterocycles. The number of methoxy groups -OCH3 is 1. The Hall–Kier alpha value is -0.980. The molecule has 1 aliphatic heterocycles. The second-order valence-corrected chi connectivity index (χ2v) is 7.80. The predicted molar refractivity (Wildman–Crippen MR) is 78.1 cm³/mol. The molecule has 0 aromatic heterocycles. The number of hydrogen-bond donors (Lipinski definition) is 0. The maximum absolute atomic E-state index is 12.0. The molecular formula is C12H13Cl2NO4S. The SMILES string of the molecule is COc1c(Cl)cccc1N1CC(CS(=O)(=O)Cl)CC1=O. The highest BCUT2D eigenvalue weighted by Gasteiger charge is 2.34. The third-order valence-corrected chi connectivity index (χ3v) is 4.63. The van der Waals surface area contributed by atoms with Gasteiger partial charge in [-0.3, -0.25) is 4.79 Å². The highest BCUT2D eigenvalue weighted by atomic mass is 35.7.